The largest absolute Gasteiger partial charge is 0.465 e. The van der Waals surface area contributed by atoms with Crippen LogP contribution in [0.15, 0.2) is 28.9 Å². The Morgan fingerprint density at radius 2 is 2.50 bits per heavy atom. The molecule has 1 heterocycles. The number of rotatable bonds is 6. The Bertz CT molecular complexity index is 256. The lowest BCUT2D eigenvalue weighted by molar-refractivity contribution is 0.556. The standard InChI is InChI=1S/C11H17NOS/c1-10(14-2)9-12-7-3-5-11-6-4-8-13-11/h3-6,8,10,12H,7,9H2,1-2H3/b5-3+. The van der Waals surface area contributed by atoms with Gasteiger partial charge in [0.1, 0.15) is 5.76 Å². The van der Waals surface area contributed by atoms with Crippen LogP contribution >= 0.6 is 11.8 Å². The SMILES string of the molecule is CSC(C)CNC/C=C/c1ccco1. The van der Waals surface area contributed by atoms with Gasteiger partial charge in [0, 0.05) is 18.3 Å². The number of furan rings is 1. The van der Waals surface area contributed by atoms with Crippen LogP contribution in [-0.2, 0) is 0 Å². The summed E-state index contributed by atoms with van der Waals surface area (Å²) in [6, 6.07) is 3.84. The molecule has 0 aliphatic carbocycles. The van der Waals surface area contributed by atoms with Crippen LogP contribution in [0.2, 0.25) is 0 Å². The van der Waals surface area contributed by atoms with Gasteiger partial charge in [-0.25, -0.2) is 0 Å². The predicted molar refractivity (Wildman–Crippen MR) is 63.6 cm³/mol. The molecule has 0 saturated heterocycles. The summed E-state index contributed by atoms with van der Waals surface area (Å²) < 4.78 is 5.16. The molecule has 0 fully saturated rings. The van der Waals surface area contributed by atoms with Crippen molar-refractivity contribution in [3.63, 3.8) is 0 Å². The van der Waals surface area contributed by atoms with Gasteiger partial charge in [-0.15, -0.1) is 0 Å². The molecule has 78 valence electrons. The summed E-state index contributed by atoms with van der Waals surface area (Å²) >= 11 is 1.88. The summed E-state index contributed by atoms with van der Waals surface area (Å²) in [5, 5.41) is 4.02. The second-order valence-electron chi connectivity index (χ2n) is 3.12. The fourth-order valence-corrected chi connectivity index (χ4v) is 1.30. The monoisotopic (exact) mass is 211 g/mol. The Kier molecular flexibility index (Phi) is 5.49. The van der Waals surface area contributed by atoms with Gasteiger partial charge in [0.05, 0.1) is 6.26 Å². The Labute approximate surface area is 89.8 Å². The molecule has 1 unspecified atom stereocenters. The summed E-state index contributed by atoms with van der Waals surface area (Å²) in [6.07, 6.45) is 7.87. The molecule has 1 atom stereocenters. The van der Waals surface area contributed by atoms with Crippen LogP contribution in [0.4, 0.5) is 0 Å². The summed E-state index contributed by atoms with van der Waals surface area (Å²) in [4.78, 5) is 0. The Morgan fingerprint density at radius 1 is 1.64 bits per heavy atom. The predicted octanol–water partition coefficient (Wildman–Crippen LogP) is 2.63. The van der Waals surface area contributed by atoms with Crippen molar-refractivity contribution in [1.82, 2.24) is 5.32 Å². The lowest BCUT2D eigenvalue weighted by atomic mass is 10.4. The summed E-state index contributed by atoms with van der Waals surface area (Å²) in [5.74, 6) is 0.907. The molecule has 1 N–H and O–H groups in total. The maximum atomic E-state index is 5.16. The molecule has 0 aliphatic rings. The summed E-state index contributed by atoms with van der Waals surface area (Å²) in [6.45, 7) is 4.16. The van der Waals surface area contributed by atoms with Gasteiger partial charge in [-0.2, -0.15) is 11.8 Å². The third kappa shape index (κ3) is 4.53. The van der Waals surface area contributed by atoms with Crippen LogP contribution in [0.25, 0.3) is 6.08 Å². The van der Waals surface area contributed by atoms with E-state index in [9.17, 15) is 0 Å². The van der Waals surface area contributed by atoms with Crippen LogP contribution in [0.5, 0.6) is 0 Å². The number of hydrogen-bond acceptors (Lipinski definition) is 3. The molecule has 0 radical (unpaired) electrons. The van der Waals surface area contributed by atoms with Crippen LogP contribution in [0, 0.1) is 0 Å². The molecule has 0 spiro atoms. The van der Waals surface area contributed by atoms with Crippen LogP contribution in [0.3, 0.4) is 0 Å². The molecule has 0 aliphatic heterocycles. The van der Waals surface area contributed by atoms with Gasteiger partial charge in [-0.3, -0.25) is 0 Å². The molecular weight excluding hydrogens is 194 g/mol. The van der Waals surface area contributed by atoms with Crippen molar-refractivity contribution in [3.05, 3.63) is 30.2 Å². The Balaban J connectivity index is 2.09. The van der Waals surface area contributed by atoms with Crippen molar-refractivity contribution in [1.29, 1.82) is 0 Å². The fraction of sp³-hybridized carbons (Fsp3) is 0.455. The lowest BCUT2D eigenvalue weighted by Gasteiger charge is -2.07. The molecular formula is C11H17NOS. The van der Waals surface area contributed by atoms with Crippen molar-refractivity contribution in [2.75, 3.05) is 19.3 Å². The molecule has 0 amide bonds. The van der Waals surface area contributed by atoms with E-state index in [1.807, 2.05) is 30.0 Å². The quantitative estimate of drug-likeness (QED) is 0.732. The fourth-order valence-electron chi connectivity index (χ4n) is 1.01. The van der Waals surface area contributed by atoms with E-state index in [0.29, 0.717) is 5.25 Å². The Hall–Kier alpha value is -0.670. The van der Waals surface area contributed by atoms with Gasteiger partial charge in [0.25, 0.3) is 0 Å². The molecule has 1 aromatic rings. The van der Waals surface area contributed by atoms with Gasteiger partial charge in [0.15, 0.2) is 0 Å². The smallest absolute Gasteiger partial charge is 0.126 e. The van der Waals surface area contributed by atoms with E-state index in [2.05, 4.69) is 24.6 Å². The van der Waals surface area contributed by atoms with Crippen molar-refractivity contribution in [2.45, 2.75) is 12.2 Å². The molecule has 3 heteroatoms. The minimum atomic E-state index is 0.673. The molecule has 0 bridgehead atoms. The van der Waals surface area contributed by atoms with E-state index in [0.717, 1.165) is 18.8 Å². The van der Waals surface area contributed by atoms with E-state index in [-0.39, 0.29) is 0 Å². The van der Waals surface area contributed by atoms with E-state index in [1.54, 1.807) is 6.26 Å². The topological polar surface area (TPSA) is 25.2 Å². The molecule has 0 aromatic carbocycles. The van der Waals surface area contributed by atoms with E-state index in [1.165, 1.54) is 0 Å². The highest BCUT2D eigenvalue weighted by molar-refractivity contribution is 7.99. The van der Waals surface area contributed by atoms with Gasteiger partial charge < -0.3 is 9.73 Å². The first-order valence-corrected chi connectivity index (χ1v) is 6.05. The summed E-state index contributed by atoms with van der Waals surface area (Å²) in [7, 11) is 0. The second-order valence-corrected chi connectivity index (χ2v) is 4.40. The zero-order valence-corrected chi connectivity index (χ0v) is 9.51. The maximum Gasteiger partial charge on any atom is 0.126 e. The number of hydrogen-bond donors (Lipinski definition) is 1. The zero-order valence-electron chi connectivity index (χ0n) is 8.69. The van der Waals surface area contributed by atoms with E-state index in [4.69, 9.17) is 4.42 Å². The molecule has 0 saturated carbocycles. The molecule has 1 aromatic heterocycles. The van der Waals surface area contributed by atoms with Crippen LogP contribution < -0.4 is 5.32 Å². The van der Waals surface area contributed by atoms with Crippen LogP contribution in [0.1, 0.15) is 12.7 Å². The minimum Gasteiger partial charge on any atom is -0.465 e. The molecule has 14 heavy (non-hydrogen) atoms. The minimum absolute atomic E-state index is 0.673. The molecule has 1 rings (SSSR count). The van der Waals surface area contributed by atoms with Crippen LogP contribution in [-0.4, -0.2) is 24.6 Å². The maximum absolute atomic E-state index is 5.16. The normalized spacial score (nSPS) is 13.6. The highest BCUT2D eigenvalue weighted by atomic mass is 32.2. The van der Waals surface area contributed by atoms with E-state index < -0.39 is 0 Å². The van der Waals surface area contributed by atoms with Gasteiger partial charge in [0.2, 0.25) is 0 Å². The van der Waals surface area contributed by atoms with Crippen molar-refractivity contribution < 1.29 is 4.42 Å². The highest BCUT2D eigenvalue weighted by Crippen LogP contribution is 2.03. The van der Waals surface area contributed by atoms with Crippen molar-refractivity contribution >= 4 is 17.8 Å². The van der Waals surface area contributed by atoms with Crippen molar-refractivity contribution in [3.8, 4) is 0 Å². The first-order valence-electron chi connectivity index (χ1n) is 4.76. The Morgan fingerprint density at radius 3 is 3.14 bits per heavy atom. The first-order chi connectivity index (χ1) is 6.83. The third-order valence-corrected chi connectivity index (χ3v) is 2.89. The van der Waals surface area contributed by atoms with Gasteiger partial charge in [-0.05, 0) is 24.5 Å². The third-order valence-electron chi connectivity index (χ3n) is 1.92. The average molecular weight is 211 g/mol. The zero-order chi connectivity index (χ0) is 10.2. The lowest BCUT2D eigenvalue weighted by Crippen LogP contribution is -2.22. The summed E-state index contributed by atoms with van der Waals surface area (Å²) in [5.41, 5.74) is 0. The molecule has 2 nitrogen and oxygen atoms in total. The first kappa shape index (κ1) is 11.4. The van der Waals surface area contributed by atoms with Crippen molar-refractivity contribution in [2.24, 2.45) is 0 Å². The number of thioether (sulfide) groups is 1. The van der Waals surface area contributed by atoms with E-state index >= 15 is 0 Å². The average Bonchev–Trinajstić information content (AvgIpc) is 2.69. The highest BCUT2D eigenvalue weighted by Gasteiger charge is 1.95. The van der Waals surface area contributed by atoms with Gasteiger partial charge >= 0.3 is 0 Å². The second kappa shape index (κ2) is 6.74. The number of nitrogens with one attached hydrogen (secondary N) is 1. The van der Waals surface area contributed by atoms with Gasteiger partial charge in [-0.1, -0.05) is 13.0 Å².